The monoisotopic (exact) mass is 445 g/mol. The maximum Gasteiger partial charge on any atom is 0.255 e. The number of nitrogens with one attached hydrogen (secondary N) is 2. The van der Waals surface area contributed by atoms with Crippen molar-refractivity contribution in [1.82, 2.24) is 25.2 Å². The van der Waals surface area contributed by atoms with Crippen molar-refractivity contribution >= 4 is 23.5 Å². The van der Waals surface area contributed by atoms with Gasteiger partial charge in [0.05, 0.1) is 11.3 Å². The summed E-state index contributed by atoms with van der Waals surface area (Å²) in [7, 11) is 0. The van der Waals surface area contributed by atoms with Crippen LogP contribution >= 0.6 is 0 Å². The van der Waals surface area contributed by atoms with Gasteiger partial charge in [0.1, 0.15) is 0 Å². The first-order valence-corrected chi connectivity index (χ1v) is 11.0. The average molecular weight is 446 g/mol. The van der Waals surface area contributed by atoms with Gasteiger partial charge in [-0.3, -0.25) is 19.5 Å². The van der Waals surface area contributed by atoms with E-state index in [1.54, 1.807) is 43.0 Å². The Labute approximate surface area is 192 Å². The molecular weight excluding hydrogens is 418 g/mol. The minimum absolute atomic E-state index is 0.208. The molecule has 2 aromatic heterocycles. The van der Waals surface area contributed by atoms with Crippen LogP contribution in [0.15, 0.2) is 61.2 Å². The molecule has 3 heterocycles. The Morgan fingerprint density at radius 1 is 0.909 bits per heavy atom. The zero-order chi connectivity index (χ0) is 23.0. The number of aryl methyl sites for hydroxylation is 1. The summed E-state index contributed by atoms with van der Waals surface area (Å²) in [6, 6.07) is 10.5. The summed E-state index contributed by atoms with van der Waals surface area (Å²) in [5.74, 6) is 0.271. The number of rotatable bonds is 7. The molecule has 9 heteroatoms. The summed E-state index contributed by atoms with van der Waals surface area (Å²) < 4.78 is 0. The third-order valence-electron chi connectivity index (χ3n) is 5.62. The molecule has 0 atom stereocenters. The van der Waals surface area contributed by atoms with Gasteiger partial charge in [0.2, 0.25) is 5.95 Å². The second-order valence-electron chi connectivity index (χ2n) is 7.82. The highest BCUT2D eigenvalue weighted by Crippen LogP contribution is 2.21. The smallest absolute Gasteiger partial charge is 0.255 e. The first kappa shape index (κ1) is 22.3. The van der Waals surface area contributed by atoms with E-state index < -0.39 is 0 Å². The molecule has 1 fully saturated rings. The quantitative estimate of drug-likeness (QED) is 0.573. The van der Waals surface area contributed by atoms with E-state index in [0.29, 0.717) is 23.4 Å². The van der Waals surface area contributed by atoms with Crippen LogP contribution in [0.2, 0.25) is 0 Å². The van der Waals surface area contributed by atoms with Crippen LogP contribution < -0.4 is 15.5 Å². The van der Waals surface area contributed by atoms with E-state index in [0.717, 1.165) is 44.2 Å². The number of pyridine rings is 1. The lowest BCUT2D eigenvalue weighted by molar-refractivity contribution is 0.0948. The van der Waals surface area contributed by atoms with Crippen molar-refractivity contribution in [3.8, 4) is 0 Å². The predicted octanol–water partition coefficient (Wildman–Crippen LogP) is 1.98. The first-order valence-electron chi connectivity index (χ1n) is 11.0. The molecule has 170 valence electrons. The van der Waals surface area contributed by atoms with Crippen LogP contribution in [0.1, 0.15) is 26.3 Å². The summed E-state index contributed by atoms with van der Waals surface area (Å²) in [6.07, 6.45) is 6.63. The molecule has 3 aromatic rings. The number of anilines is 2. The number of piperazine rings is 1. The number of hydrogen-bond acceptors (Lipinski definition) is 7. The van der Waals surface area contributed by atoms with Crippen molar-refractivity contribution in [2.75, 3.05) is 49.5 Å². The second-order valence-corrected chi connectivity index (χ2v) is 7.82. The van der Waals surface area contributed by atoms with E-state index in [9.17, 15) is 9.59 Å². The lowest BCUT2D eigenvalue weighted by Crippen LogP contribution is -2.49. The van der Waals surface area contributed by atoms with Crippen LogP contribution in [0.3, 0.4) is 0 Å². The highest BCUT2D eigenvalue weighted by molar-refractivity contribution is 6.09. The Morgan fingerprint density at radius 3 is 2.36 bits per heavy atom. The van der Waals surface area contributed by atoms with Gasteiger partial charge in [0.15, 0.2) is 0 Å². The number of carbonyl (C=O) groups is 2. The normalized spacial score (nSPS) is 14.0. The largest absolute Gasteiger partial charge is 0.351 e. The fourth-order valence-corrected chi connectivity index (χ4v) is 3.76. The maximum absolute atomic E-state index is 12.9. The minimum Gasteiger partial charge on any atom is -0.351 e. The van der Waals surface area contributed by atoms with Gasteiger partial charge in [-0.2, -0.15) is 0 Å². The molecule has 1 aliphatic heterocycles. The number of nitrogens with zero attached hydrogens (tertiary/aromatic N) is 5. The zero-order valence-electron chi connectivity index (χ0n) is 18.6. The van der Waals surface area contributed by atoms with Gasteiger partial charge in [0, 0.05) is 69.6 Å². The van der Waals surface area contributed by atoms with Crippen LogP contribution in [0, 0.1) is 6.92 Å². The standard InChI is InChI=1S/C24H27N7O2/c1-18-4-2-5-20(21(18)29-22(32)19-6-10-25-11-7-19)23(33)26-12-13-30-14-16-31(17-15-30)24-27-8-3-9-28-24/h2-11H,12-17H2,1H3,(H,26,33)(H,29,32). The SMILES string of the molecule is Cc1cccc(C(=O)NCCN2CCN(c3ncccn3)CC2)c1NC(=O)c1ccncc1. The average Bonchev–Trinajstić information content (AvgIpc) is 2.86. The number of amides is 2. The van der Waals surface area contributed by atoms with E-state index in [1.807, 2.05) is 25.1 Å². The molecule has 1 saturated heterocycles. The van der Waals surface area contributed by atoms with Crippen LogP contribution in [0.25, 0.3) is 0 Å². The molecule has 2 amide bonds. The molecule has 4 rings (SSSR count). The molecular formula is C24H27N7O2. The number of carbonyl (C=O) groups excluding carboxylic acids is 2. The Hall–Kier alpha value is -3.85. The Morgan fingerprint density at radius 2 is 1.64 bits per heavy atom. The van der Waals surface area contributed by atoms with Gasteiger partial charge in [0.25, 0.3) is 11.8 Å². The molecule has 33 heavy (non-hydrogen) atoms. The van der Waals surface area contributed by atoms with Gasteiger partial charge in [-0.1, -0.05) is 12.1 Å². The summed E-state index contributed by atoms with van der Waals surface area (Å²) >= 11 is 0. The molecule has 2 N–H and O–H groups in total. The number of para-hydroxylation sites is 1. The zero-order valence-corrected chi connectivity index (χ0v) is 18.6. The van der Waals surface area contributed by atoms with Gasteiger partial charge in [-0.05, 0) is 36.8 Å². The summed E-state index contributed by atoms with van der Waals surface area (Å²) in [4.78, 5) is 42.5. The number of hydrogen-bond donors (Lipinski definition) is 2. The van der Waals surface area contributed by atoms with E-state index in [4.69, 9.17) is 0 Å². The Balaban J connectivity index is 1.30. The van der Waals surface area contributed by atoms with Crippen LogP contribution in [0.4, 0.5) is 11.6 Å². The molecule has 0 radical (unpaired) electrons. The van der Waals surface area contributed by atoms with Crippen molar-refractivity contribution in [2.24, 2.45) is 0 Å². The van der Waals surface area contributed by atoms with Gasteiger partial charge in [-0.25, -0.2) is 9.97 Å². The fraction of sp³-hybridized carbons (Fsp3) is 0.292. The molecule has 1 aliphatic rings. The van der Waals surface area contributed by atoms with Crippen LogP contribution in [0.5, 0.6) is 0 Å². The van der Waals surface area contributed by atoms with Gasteiger partial charge >= 0.3 is 0 Å². The van der Waals surface area contributed by atoms with Crippen LogP contribution in [-0.4, -0.2) is 70.9 Å². The first-order chi connectivity index (χ1) is 16.1. The van der Waals surface area contributed by atoms with Crippen molar-refractivity contribution in [1.29, 1.82) is 0 Å². The molecule has 0 spiro atoms. The summed E-state index contributed by atoms with van der Waals surface area (Å²) in [6.45, 7) is 6.60. The lowest BCUT2D eigenvalue weighted by Gasteiger charge is -2.34. The maximum atomic E-state index is 12.9. The summed E-state index contributed by atoms with van der Waals surface area (Å²) in [5, 5.41) is 5.87. The molecule has 0 bridgehead atoms. The Kier molecular flexibility index (Phi) is 7.21. The van der Waals surface area contributed by atoms with Gasteiger partial charge < -0.3 is 15.5 Å². The van der Waals surface area contributed by atoms with E-state index >= 15 is 0 Å². The number of benzene rings is 1. The third kappa shape index (κ3) is 5.69. The second kappa shape index (κ2) is 10.6. The fourth-order valence-electron chi connectivity index (χ4n) is 3.76. The van der Waals surface area contributed by atoms with E-state index in [2.05, 4.69) is 35.4 Å². The molecule has 9 nitrogen and oxygen atoms in total. The molecule has 0 aliphatic carbocycles. The highest BCUT2D eigenvalue weighted by Gasteiger charge is 2.20. The Bertz CT molecular complexity index is 1080. The highest BCUT2D eigenvalue weighted by atomic mass is 16.2. The molecule has 0 saturated carbocycles. The third-order valence-corrected chi connectivity index (χ3v) is 5.62. The van der Waals surface area contributed by atoms with Crippen LogP contribution in [-0.2, 0) is 0 Å². The van der Waals surface area contributed by atoms with Crippen molar-refractivity contribution in [3.63, 3.8) is 0 Å². The molecule has 0 unspecified atom stereocenters. The minimum atomic E-state index is -0.277. The number of aromatic nitrogens is 3. The summed E-state index contributed by atoms with van der Waals surface area (Å²) in [5.41, 5.74) is 2.28. The van der Waals surface area contributed by atoms with E-state index in [-0.39, 0.29) is 11.8 Å². The van der Waals surface area contributed by atoms with Crippen molar-refractivity contribution < 1.29 is 9.59 Å². The topological polar surface area (TPSA) is 103 Å². The lowest BCUT2D eigenvalue weighted by atomic mass is 10.1. The van der Waals surface area contributed by atoms with Gasteiger partial charge in [-0.15, -0.1) is 0 Å². The molecule has 1 aromatic carbocycles. The predicted molar refractivity (Wildman–Crippen MR) is 126 cm³/mol. The van der Waals surface area contributed by atoms with Crippen molar-refractivity contribution in [3.05, 3.63) is 77.9 Å². The van der Waals surface area contributed by atoms with E-state index in [1.165, 1.54) is 0 Å². The van der Waals surface area contributed by atoms with Crippen molar-refractivity contribution in [2.45, 2.75) is 6.92 Å².